The van der Waals surface area contributed by atoms with E-state index in [1.807, 2.05) is 12.1 Å². The molecule has 1 aliphatic heterocycles. The molecular formula is C14H17NOSe. The topological polar surface area (TPSA) is 23.5 Å². The summed E-state index contributed by atoms with van der Waals surface area (Å²) in [6.45, 7) is 4.44. The Labute approximate surface area is 108 Å². The van der Waals surface area contributed by atoms with Gasteiger partial charge in [-0.15, -0.1) is 0 Å². The van der Waals surface area contributed by atoms with E-state index in [-0.39, 0.29) is 0 Å². The summed E-state index contributed by atoms with van der Waals surface area (Å²) in [6, 6.07) is 3.91. The number of hydrogen-bond acceptors (Lipinski definition) is 2. The van der Waals surface area contributed by atoms with Crippen molar-refractivity contribution in [3.63, 3.8) is 0 Å². The van der Waals surface area contributed by atoms with Crippen molar-refractivity contribution in [1.29, 1.82) is 0 Å². The van der Waals surface area contributed by atoms with Crippen molar-refractivity contribution in [3.8, 4) is 5.75 Å². The van der Waals surface area contributed by atoms with Crippen molar-refractivity contribution in [2.24, 2.45) is 0 Å². The Balaban J connectivity index is 2.24. The molecule has 0 unspecified atom stereocenters. The van der Waals surface area contributed by atoms with Gasteiger partial charge in [0.2, 0.25) is 0 Å². The van der Waals surface area contributed by atoms with Crippen LogP contribution in [0.15, 0.2) is 12.1 Å². The zero-order valence-electron chi connectivity index (χ0n) is 10.3. The van der Waals surface area contributed by atoms with Gasteiger partial charge in [0.15, 0.2) is 0 Å². The van der Waals surface area contributed by atoms with E-state index >= 15 is 0 Å². The molecule has 1 aliphatic rings. The number of aryl methyl sites for hydroxylation is 1. The molecule has 0 atom stereocenters. The van der Waals surface area contributed by atoms with Crippen LogP contribution in [0.4, 0.5) is 0 Å². The Bertz CT molecular complexity index is 573. The van der Waals surface area contributed by atoms with Crippen LogP contribution >= 0.6 is 0 Å². The van der Waals surface area contributed by atoms with Gasteiger partial charge in [0, 0.05) is 0 Å². The van der Waals surface area contributed by atoms with Gasteiger partial charge in [0.1, 0.15) is 0 Å². The zero-order chi connectivity index (χ0) is 12.0. The quantitative estimate of drug-likeness (QED) is 0.751. The van der Waals surface area contributed by atoms with Crippen LogP contribution in [-0.2, 0) is 12.8 Å². The summed E-state index contributed by atoms with van der Waals surface area (Å²) in [4.78, 5) is 2.39. The zero-order valence-corrected chi connectivity index (χ0v) is 12.0. The molecule has 0 aliphatic carbocycles. The second-order valence-corrected chi connectivity index (χ2v) is 7.23. The van der Waals surface area contributed by atoms with Crippen molar-refractivity contribution in [2.45, 2.75) is 19.8 Å². The SMILES string of the molecule is Cc1ccc(O)c2c3c([se]c12)CCN(C)CC3. The molecule has 0 radical (unpaired) electrons. The average molecular weight is 294 g/mol. The van der Waals surface area contributed by atoms with Crippen LogP contribution in [-0.4, -0.2) is 44.6 Å². The maximum absolute atomic E-state index is 10.1. The molecule has 0 spiro atoms. The number of aromatic hydroxyl groups is 1. The molecule has 0 saturated carbocycles. The van der Waals surface area contributed by atoms with Crippen molar-refractivity contribution >= 4 is 24.1 Å². The summed E-state index contributed by atoms with van der Waals surface area (Å²) in [5.74, 6) is 0.488. The second kappa shape index (κ2) is 4.16. The molecule has 2 aromatic rings. The fourth-order valence-electron chi connectivity index (χ4n) is 2.60. The van der Waals surface area contributed by atoms with E-state index in [2.05, 4.69) is 18.9 Å². The Kier molecular flexibility index (Phi) is 2.78. The van der Waals surface area contributed by atoms with Gasteiger partial charge in [-0.3, -0.25) is 0 Å². The number of benzene rings is 1. The number of phenolic OH excluding ortho intramolecular Hbond substituents is 1. The van der Waals surface area contributed by atoms with E-state index in [9.17, 15) is 5.11 Å². The van der Waals surface area contributed by atoms with Crippen LogP contribution in [0.3, 0.4) is 0 Å². The molecule has 2 heterocycles. The molecule has 90 valence electrons. The molecule has 0 saturated heterocycles. The number of rotatable bonds is 0. The minimum absolute atomic E-state index is 0.443. The van der Waals surface area contributed by atoms with Crippen LogP contribution in [0.2, 0.25) is 0 Å². The number of nitrogens with zero attached hydrogens (tertiary/aromatic N) is 1. The Morgan fingerprint density at radius 1 is 1.24 bits per heavy atom. The predicted octanol–water partition coefficient (Wildman–Crippen LogP) is 1.94. The van der Waals surface area contributed by atoms with Gasteiger partial charge < -0.3 is 0 Å². The molecule has 17 heavy (non-hydrogen) atoms. The standard InChI is InChI=1S/C14H17NOSe/c1-9-3-4-11(16)13-10-5-7-15(2)8-6-12(10)17-14(9)13/h3-4,16H,5-8H2,1-2H3. The van der Waals surface area contributed by atoms with Gasteiger partial charge in [0.25, 0.3) is 0 Å². The summed E-state index contributed by atoms with van der Waals surface area (Å²) >= 11 is 0.443. The summed E-state index contributed by atoms with van der Waals surface area (Å²) < 4.78 is 3.04. The molecule has 2 nitrogen and oxygen atoms in total. The molecule has 3 heteroatoms. The first-order valence-corrected chi connectivity index (χ1v) is 7.79. The number of hydrogen-bond donors (Lipinski definition) is 1. The van der Waals surface area contributed by atoms with Crippen LogP contribution in [0.25, 0.3) is 9.65 Å². The first-order chi connectivity index (χ1) is 8.16. The summed E-state index contributed by atoms with van der Waals surface area (Å²) in [7, 11) is 2.19. The van der Waals surface area contributed by atoms with E-state index in [1.54, 1.807) is 4.44 Å². The van der Waals surface area contributed by atoms with Crippen LogP contribution < -0.4 is 0 Å². The minimum atomic E-state index is 0.443. The number of phenols is 1. The summed E-state index contributed by atoms with van der Waals surface area (Å²) in [5.41, 5.74) is 2.80. The molecule has 1 aromatic carbocycles. The van der Waals surface area contributed by atoms with Crippen LogP contribution in [0, 0.1) is 6.92 Å². The molecule has 3 rings (SSSR count). The van der Waals surface area contributed by atoms with E-state index in [4.69, 9.17) is 0 Å². The predicted molar refractivity (Wildman–Crippen MR) is 72.2 cm³/mol. The van der Waals surface area contributed by atoms with Gasteiger partial charge >= 0.3 is 108 Å². The number of likely N-dealkylation sites (N-methyl/N-ethyl adjacent to an activating group) is 1. The number of fused-ring (bicyclic) bond motifs is 3. The van der Waals surface area contributed by atoms with E-state index in [0.717, 1.165) is 19.5 Å². The maximum atomic E-state index is 10.1. The molecule has 0 amide bonds. The van der Waals surface area contributed by atoms with Gasteiger partial charge in [0.05, 0.1) is 0 Å². The molecule has 0 bridgehead atoms. The van der Waals surface area contributed by atoms with Gasteiger partial charge in [-0.1, -0.05) is 0 Å². The van der Waals surface area contributed by atoms with Crippen molar-refractivity contribution < 1.29 is 5.11 Å². The molecule has 1 N–H and O–H groups in total. The van der Waals surface area contributed by atoms with Crippen molar-refractivity contribution in [3.05, 3.63) is 27.7 Å². The molecule has 1 aromatic heterocycles. The van der Waals surface area contributed by atoms with E-state index < -0.39 is 0 Å². The van der Waals surface area contributed by atoms with Crippen molar-refractivity contribution in [2.75, 3.05) is 20.1 Å². The van der Waals surface area contributed by atoms with E-state index in [0.29, 0.717) is 20.3 Å². The van der Waals surface area contributed by atoms with Gasteiger partial charge in [-0.25, -0.2) is 0 Å². The van der Waals surface area contributed by atoms with Crippen molar-refractivity contribution in [1.82, 2.24) is 4.90 Å². The average Bonchev–Trinajstić information content (AvgIpc) is 2.59. The first-order valence-electron chi connectivity index (χ1n) is 6.08. The second-order valence-electron chi connectivity index (χ2n) is 4.91. The normalized spacial score (nSPS) is 17.1. The van der Waals surface area contributed by atoms with Crippen LogP contribution in [0.5, 0.6) is 5.75 Å². The third kappa shape index (κ3) is 1.83. The third-order valence-corrected chi connectivity index (χ3v) is 6.65. The fourth-order valence-corrected chi connectivity index (χ4v) is 5.38. The van der Waals surface area contributed by atoms with Gasteiger partial charge in [-0.05, 0) is 0 Å². The fraction of sp³-hybridized carbons (Fsp3) is 0.429. The Morgan fingerprint density at radius 2 is 2.00 bits per heavy atom. The summed E-state index contributed by atoms with van der Waals surface area (Å²) in [5, 5.41) is 11.3. The first kappa shape index (κ1) is 11.3. The third-order valence-electron chi connectivity index (χ3n) is 3.66. The van der Waals surface area contributed by atoms with Gasteiger partial charge in [-0.2, -0.15) is 0 Å². The molecule has 0 fully saturated rings. The Hall–Kier alpha value is -0.761. The Morgan fingerprint density at radius 3 is 2.82 bits per heavy atom. The van der Waals surface area contributed by atoms with Crippen LogP contribution in [0.1, 0.15) is 15.6 Å². The van der Waals surface area contributed by atoms with E-state index in [1.165, 1.54) is 27.2 Å². The monoisotopic (exact) mass is 295 g/mol. The molecular weight excluding hydrogens is 277 g/mol. The summed E-state index contributed by atoms with van der Waals surface area (Å²) in [6.07, 6.45) is 2.27.